The number of methoxy groups -OCH3 is 1. The molecule has 1 atom stereocenters. The van der Waals surface area contributed by atoms with Crippen LogP contribution in [0, 0.1) is 5.92 Å². The number of benzene rings is 1. The Bertz CT molecular complexity index is 511. The van der Waals surface area contributed by atoms with Crippen LogP contribution in [0.25, 0.3) is 0 Å². The van der Waals surface area contributed by atoms with Crippen LogP contribution in [0.5, 0.6) is 5.75 Å². The number of carbonyl (C=O) groups is 1. The molecule has 1 heterocycles. The molecule has 0 radical (unpaired) electrons. The maximum Gasteiger partial charge on any atom is 0.237 e. The highest BCUT2D eigenvalue weighted by Crippen LogP contribution is 2.29. The molecule has 5 heteroatoms. The Balaban J connectivity index is 1.85. The van der Waals surface area contributed by atoms with Crippen molar-refractivity contribution in [1.29, 1.82) is 0 Å². The van der Waals surface area contributed by atoms with Gasteiger partial charge in [-0.3, -0.25) is 4.79 Å². The first-order valence-electron chi connectivity index (χ1n) is 8.45. The topological polar surface area (TPSA) is 67.6 Å². The molecule has 1 aromatic rings. The number of para-hydroxylation sites is 2. The van der Waals surface area contributed by atoms with Crippen LogP contribution in [-0.2, 0) is 4.79 Å². The molecule has 1 aliphatic rings. The fraction of sp³-hybridized carbons (Fsp3) is 0.611. The third-order valence-corrected chi connectivity index (χ3v) is 4.33. The lowest BCUT2D eigenvalue weighted by Crippen LogP contribution is -2.50. The quantitative estimate of drug-likeness (QED) is 0.843. The molecular formula is C18H29N3O2. The van der Waals surface area contributed by atoms with Crippen LogP contribution in [0.15, 0.2) is 24.3 Å². The summed E-state index contributed by atoms with van der Waals surface area (Å²) in [4.78, 5) is 14.4. The van der Waals surface area contributed by atoms with Crippen molar-refractivity contribution in [2.45, 2.75) is 45.2 Å². The summed E-state index contributed by atoms with van der Waals surface area (Å²) in [5.41, 5.74) is 7.07. The van der Waals surface area contributed by atoms with Gasteiger partial charge in [-0.25, -0.2) is 0 Å². The predicted molar refractivity (Wildman–Crippen MR) is 93.8 cm³/mol. The first kappa shape index (κ1) is 17.6. The summed E-state index contributed by atoms with van der Waals surface area (Å²) in [6.45, 7) is 5.98. The van der Waals surface area contributed by atoms with Crippen molar-refractivity contribution in [2.24, 2.45) is 11.7 Å². The zero-order valence-corrected chi connectivity index (χ0v) is 14.4. The van der Waals surface area contributed by atoms with Crippen LogP contribution in [-0.4, -0.2) is 38.2 Å². The van der Waals surface area contributed by atoms with E-state index >= 15 is 0 Å². The summed E-state index contributed by atoms with van der Waals surface area (Å²) < 4.78 is 5.43. The van der Waals surface area contributed by atoms with E-state index in [2.05, 4.69) is 30.1 Å². The van der Waals surface area contributed by atoms with E-state index in [9.17, 15) is 4.79 Å². The van der Waals surface area contributed by atoms with Crippen molar-refractivity contribution in [1.82, 2.24) is 5.32 Å². The molecule has 23 heavy (non-hydrogen) atoms. The Hall–Kier alpha value is -1.75. The number of nitrogens with zero attached hydrogens (tertiary/aromatic N) is 1. The molecule has 0 bridgehead atoms. The van der Waals surface area contributed by atoms with E-state index in [1.54, 1.807) is 7.11 Å². The SMILES string of the molecule is COc1ccccc1N1CCC(NC(=O)[C@@H](N)CC(C)C)CC1. The van der Waals surface area contributed by atoms with Crippen molar-refractivity contribution in [3.8, 4) is 5.75 Å². The lowest BCUT2D eigenvalue weighted by molar-refractivity contribution is -0.123. The van der Waals surface area contributed by atoms with Gasteiger partial charge in [-0.05, 0) is 37.3 Å². The summed E-state index contributed by atoms with van der Waals surface area (Å²) in [6.07, 6.45) is 2.59. The summed E-state index contributed by atoms with van der Waals surface area (Å²) in [5.74, 6) is 1.31. The van der Waals surface area contributed by atoms with Crippen molar-refractivity contribution in [3.05, 3.63) is 24.3 Å². The van der Waals surface area contributed by atoms with Crippen molar-refractivity contribution >= 4 is 11.6 Å². The average molecular weight is 319 g/mol. The average Bonchev–Trinajstić information content (AvgIpc) is 2.55. The molecule has 0 spiro atoms. The van der Waals surface area contributed by atoms with Crippen LogP contribution in [0.1, 0.15) is 33.1 Å². The number of anilines is 1. The molecule has 2 rings (SSSR count). The normalized spacial score (nSPS) is 17.2. The van der Waals surface area contributed by atoms with Gasteiger partial charge in [-0.2, -0.15) is 0 Å². The number of carbonyl (C=O) groups excluding carboxylic acids is 1. The van der Waals surface area contributed by atoms with Crippen LogP contribution >= 0.6 is 0 Å². The van der Waals surface area contributed by atoms with Gasteiger partial charge in [-0.15, -0.1) is 0 Å². The second-order valence-electron chi connectivity index (χ2n) is 6.68. The Kier molecular flexibility index (Phi) is 6.28. The molecule has 1 aromatic carbocycles. The molecule has 1 aliphatic heterocycles. The van der Waals surface area contributed by atoms with Crippen molar-refractivity contribution in [3.63, 3.8) is 0 Å². The highest BCUT2D eigenvalue weighted by atomic mass is 16.5. The number of hydrogen-bond donors (Lipinski definition) is 2. The summed E-state index contributed by atoms with van der Waals surface area (Å²) in [5, 5.41) is 3.10. The van der Waals surface area contributed by atoms with Crippen LogP contribution in [0.2, 0.25) is 0 Å². The lowest BCUT2D eigenvalue weighted by atomic mass is 10.0. The van der Waals surface area contributed by atoms with E-state index in [0.717, 1.165) is 43.8 Å². The van der Waals surface area contributed by atoms with Gasteiger partial charge in [0.15, 0.2) is 0 Å². The zero-order valence-electron chi connectivity index (χ0n) is 14.4. The third kappa shape index (κ3) is 4.86. The monoisotopic (exact) mass is 319 g/mol. The highest BCUT2D eigenvalue weighted by Gasteiger charge is 2.24. The maximum atomic E-state index is 12.1. The summed E-state index contributed by atoms with van der Waals surface area (Å²) in [6, 6.07) is 7.88. The zero-order chi connectivity index (χ0) is 16.8. The van der Waals surface area contributed by atoms with Crippen LogP contribution in [0.3, 0.4) is 0 Å². The second kappa shape index (κ2) is 8.20. The van der Waals surface area contributed by atoms with Gasteiger partial charge in [0.1, 0.15) is 5.75 Å². The Morgan fingerprint density at radius 2 is 2.00 bits per heavy atom. The minimum atomic E-state index is -0.401. The minimum Gasteiger partial charge on any atom is -0.495 e. The Morgan fingerprint density at radius 1 is 1.35 bits per heavy atom. The summed E-state index contributed by atoms with van der Waals surface area (Å²) in [7, 11) is 1.70. The van der Waals surface area contributed by atoms with E-state index in [1.807, 2.05) is 18.2 Å². The molecule has 1 amide bonds. The number of nitrogens with one attached hydrogen (secondary N) is 1. The smallest absolute Gasteiger partial charge is 0.237 e. The fourth-order valence-corrected chi connectivity index (χ4v) is 3.08. The lowest BCUT2D eigenvalue weighted by Gasteiger charge is -2.35. The fourth-order valence-electron chi connectivity index (χ4n) is 3.08. The Labute approximate surface area is 139 Å². The number of hydrogen-bond acceptors (Lipinski definition) is 4. The van der Waals surface area contributed by atoms with E-state index in [1.165, 1.54) is 0 Å². The number of rotatable bonds is 6. The molecule has 0 saturated carbocycles. The van der Waals surface area contributed by atoms with Crippen LogP contribution < -0.4 is 20.7 Å². The van der Waals surface area contributed by atoms with Gasteiger partial charge >= 0.3 is 0 Å². The van der Waals surface area contributed by atoms with Crippen LogP contribution in [0.4, 0.5) is 5.69 Å². The number of piperidine rings is 1. The van der Waals surface area contributed by atoms with Gasteiger partial charge in [0.05, 0.1) is 18.8 Å². The number of amides is 1. The van der Waals surface area contributed by atoms with Crippen molar-refractivity contribution in [2.75, 3.05) is 25.1 Å². The standard InChI is InChI=1S/C18H29N3O2/c1-13(2)12-15(19)18(22)20-14-8-10-21(11-9-14)16-6-4-5-7-17(16)23-3/h4-7,13-15H,8-12,19H2,1-3H3,(H,20,22)/t15-/m0/s1. The van der Waals surface area contributed by atoms with Gasteiger partial charge in [0.2, 0.25) is 5.91 Å². The number of ether oxygens (including phenoxy) is 1. The van der Waals surface area contributed by atoms with Gasteiger partial charge in [0.25, 0.3) is 0 Å². The molecule has 0 aromatic heterocycles. The highest BCUT2D eigenvalue weighted by molar-refractivity contribution is 5.81. The van der Waals surface area contributed by atoms with E-state index in [4.69, 9.17) is 10.5 Å². The molecule has 1 fully saturated rings. The number of nitrogens with two attached hydrogens (primary N) is 1. The van der Waals surface area contributed by atoms with E-state index in [0.29, 0.717) is 5.92 Å². The summed E-state index contributed by atoms with van der Waals surface area (Å²) >= 11 is 0. The maximum absolute atomic E-state index is 12.1. The Morgan fingerprint density at radius 3 is 2.61 bits per heavy atom. The minimum absolute atomic E-state index is 0.0190. The van der Waals surface area contributed by atoms with E-state index in [-0.39, 0.29) is 11.9 Å². The van der Waals surface area contributed by atoms with Gasteiger partial charge in [-0.1, -0.05) is 26.0 Å². The van der Waals surface area contributed by atoms with Gasteiger partial charge < -0.3 is 20.7 Å². The molecular weight excluding hydrogens is 290 g/mol. The second-order valence-corrected chi connectivity index (χ2v) is 6.68. The molecule has 1 saturated heterocycles. The van der Waals surface area contributed by atoms with E-state index < -0.39 is 6.04 Å². The largest absolute Gasteiger partial charge is 0.495 e. The van der Waals surface area contributed by atoms with Crippen molar-refractivity contribution < 1.29 is 9.53 Å². The molecule has 128 valence electrons. The molecule has 5 nitrogen and oxygen atoms in total. The van der Waals surface area contributed by atoms with Gasteiger partial charge in [0, 0.05) is 19.1 Å². The first-order chi connectivity index (χ1) is 11.0. The third-order valence-electron chi connectivity index (χ3n) is 4.33. The molecule has 3 N–H and O–H groups in total. The molecule has 0 aliphatic carbocycles. The predicted octanol–water partition coefficient (Wildman–Crippen LogP) is 2.15. The molecule has 0 unspecified atom stereocenters. The first-order valence-corrected chi connectivity index (χ1v) is 8.45.